The zero-order chi connectivity index (χ0) is 18.5. The zero-order valence-corrected chi connectivity index (χ0v) is 15.9. The van der Waals surface area contributed by atoms with Crippen LogP contribution in [0.2, 0.25) is 0 Å². The quantitative estimate of drug-likeness (QED) is 0.692. The van der Waals surface area contributed by atoms with Gasteiger partial charge in [0.2, 0.25) is 5.91 Å². The van der Waals surface area contributed by atoms with Crippen LogP contribution >= 0.6 is 11.3 Å². The molecule has 0 N–H and O–H groups in total. The number of rotatable bonds is 6. The molecule has 1 saturated heterocycles. The molecule has 1 aromatic carbocycles. The van der Waals surface area contributed by atoms with Gasteiger partial charge < -0.3 is 4.90 Å². The summed E-state index contributed by atoms with van der Waals surface area (Å²) in [6, 6.07) is 10.5. The number of aryl methyl sites for hydroxylation is 1. The van der Waals surface area contributed by atoms with Gasteiger partial charge in [0.25, 0.3) is 0 Å². The molecule has 1 amide bonds. The number of hydrogen-bond acceptors (Lipinski definition) is 3. The summed E-state index contributed by atoms with van der Waals surface area (Å²) in [5, 5.41) is 0. The molecule has 0 atom stereocenters. The average Bonchev–Trinajstić information content (AvgIpc) is 3.06. The lowest BCUT2D eigenvalue weighted by molar-refractivity contribution is -0.132. The lowest BCUT2D eigenvalue weighted by atomic mass is 9.90. The summed E-state index contributed by atoms with van der Waals surface area (Å²) in [4.78, 5) is 28.2. The average molecular weight is 373 g/mol. The highest BCUT2D eigenvalue weighted by Crippen LogP contribution is 2.23. The van der Waals surface area contributed by atoms with Gasteiger partial charge in [0.05, 0.1) is 4.88 Å². The first-order valence-corrected chi connectivity index (χ1v) is 9.95. The fourth-order valence-electron chi connectivity index (χ4n) is 3.47. The van der Waals surface area contributed by atoms with Gasteiger partial charge in [-0.1, -0.05) is 12.1 Å². The van der Waals surface area contributed by atoms with Crippen molar-refractivity contribution in [2.24, 2.45) is 5.92 Å². The number of ketones is 1. The molecule has 3 rings (SSSR count). The maximum Gasteiger partial charge on any atom is 0.223 e. The highest BCUT2D eigenvalue weighted by atomic mass is 32.1. The summed E-state index contributed by atoms with van der Waals surface area (Å²) in [5.74, 6) is 0.408. The van der Waals surface area contributed by atoms with Gasteiger partial charge in [-0.3, -0.25) is 9.59 Å². The fraction of sp³-hybridized carbons (Fsp3) is 0.429. The first-order chi connectivity index (χ1) is 12.5. The van der Waals surface area contributed by atoms with E-state index >= 15 is 0 Å². The van der Waals surface area contributed by atoms with Crippen LogP contribution in [0.15, 0.2) is 36.4 Å². The molecule has 5 heteroatoms. The molecule has 0 unspecified atom stereocenters. The predicted octanol–water partition coefficient (Wildman–Crippen LogP) is 4.64. The topological polar surface area (TPSA) is 37.4 Å². The Kier molecular flexibility index (Phi) is 6.20. The Morgan fingerprint density at radius 2 is 1.92 bits per heavy atom. The van der Waals surface area contributed by atoms with Crippen LogP contribution in [0.25, 0.3) is 0 Å². The molecule has 26 heavy (non-hydrogen) atoms. The van der Waals surface area contributed by atoms with Crippen molar-refractivity contribution in [2.45, 2.75) is 39.0 Å². The van der Waals surface area contributed by atoms with Crippen molar-refractivity contribution >= 4 is 23.0 Å². The summed E-state index contributed by atoms with van der Waals surface area (Å²) in [6.45, 7) is 3.43. The Morgan fingerprint density at radius 3 is 2.58 bits per heavy atom. The summed E-state index contributed by atoms with van der Waals surface area (Å²) in [5.41, 5.74) is 1.02. The minimum Gasteiger partial charge on any atom is -0.343 e. The smallest absolute Gasteiger partial charge is 0.223 e. The highest BCUT2D eigenvalue weighted by molar-refractivity contribution is 7.14. The van der Waals surface area contributed by atoms with Crippen LogP contribution in [0.5, 0.6) is 0 Å². The number of carbonyl (C=O) groups is 2. The lowest BCUT2D eigenvalue weighted by Gasteiger charge is -2.32. The first kappa shape index (κ1) is 18.8. The molecule has 1 fully saturated rings. The van der Waals surface area contributed by atoms with Crippen molar-refractivity contribution in [3.8, 4) is 0 Å². The third-order valence-corrected chi connectivity index (χ3v) is 6.00. The van der Waals surface area contributed by atoms with Gasteiger partial charge >= 0.3 is 0 Å². The number of likely N-dealkylation sites (tertiary alicyclic amines) is 1. The molecule has 138 valence electrons. The van der Waals surface area contributed by atoms with E-state index in [1.165, 1.54) is 17.4 Å². The number of halogens is 1. The summed E-state index contributed by atoms with van der Waals surface area (Å²) < 4.78 is 13.3. The van der Waals surface area contributed by atoms with E-state index in [1.54, 1.807) is 12.1 Å². The zero-order valence-electron chi connectivity index (χ0n) is 15.0. The standard InChI is InChI=1S/C21H24FNO2S/c1-15-5-7-20(26-15)19(24)6-8-21(25)23-11-9-16(10-12-23)13-17-3-2-4-18(22)14-17/h2-5,7,14,16H,6,8-13H2,1H3. The normalized spacial score (nSPS) is 15.2. The van der Waals surface area contributed by atoms with Crippen molar-refractivity contribution < 1.29 is 14.0 Å². The number of thiophene rings is 1. The number of hydrogen-bond donors (Lipinski definition) is 0. The van der Waals surface area contributed by atoms with Crippen LogP contribution in [0.1, 0.15) is 45.8 Å². The van der Waals surface area contributed by atoms with Gasteiger partial charge in [0, 0.05) is 30.8 Å². The Hall–Kier alpha value is -2.01. The Labute approximate surface area is 157 Å². The number of nitrogens with zero attached hydrogens (tertiary/aromatic N) is 1. The van der Waals surface area contributed by atoms with Gasteiger partial charge in [-0.25, -0.2) is 4.39 Å². The third-order valence-electron chi connectivity index (χ3n) is 4.96. The maximum absolute atomic E-state index is 13.3. The van der Waals surface area contributed by atoms with Crippen molar-refractivity contribution in [2.75, 3.05) is 13.1 Å². The number of benzene rings is 1. The van der Waals surface area contributed by atoms with Crippen LogP contribution in [-0.2, 0) is 11.2 Å². The second kappa shape index (κ2) is 8.58. The van der Waals surface area contributed by atoms with E-state index in [1.807, 2.05) is 30.0 Å². The van der Waals surface area contributed by atoms with Crippen molar-refractivity contribution in [1.82, 2.24) is 4.90 Å². The van der Waals surface area contributed by atoms with E-state index in [2.05, 4.69) is 0 Å². The molecule has 2 aromatic rings. The predicted molar refractivity (Wildman–Crippen MR) is 102 cm³/mol. The van der Waals surface area contributed by atoms with E-state index in [0.717, 1.165) is 47.7 Å². The van der Waals surface area contributed by atoms with Gasteiger partial charge in [-0.15, -0.1) is 11.3 Å². The van der Waals surface area contributed by atoms with Crippen LogP contribution in [0.4, 0.5) is 4.39 Å². The van der Waals surface area contributed by atoms with Gasteiger partial charge in [-0.05, 0) is 61.9 Å². The van der Waals surface area contributed by atoms with Gasteiger partial charge in [0.1, 0.15) is 5.82 Å². The third kappa shape index (κ3) is 5.01. The minimum atomic E-state index is -0.194. The largest absolute Gasteiger partial charge is 0.343 e. The lowest BCUT2D eigenvalue weighted by Crippen LogP contribution is -2.39. The van der Waals surface area contributed by atoms with Gasteiger partial charge in [-0.2, -0.15) is 0 Å². The Balaban J connectivity index is 1.42. The van der Waals surface area contributed by atoms with E-state index in [9.17, 15) is 14.0 Å². The number of amides is 1. The number of carbonyl (C=O) groups excluding carboxylic acids is 2. The van der Waals surface area contributed by atoms with Crippen molar-refractivity contribution in [1.29, 1.82) is 0 Å². The molecule has 1 aliphatic rings. The highest BCUT2D eigenvalue weighted by Gasteiger charge is 2.23. The van der Waals surface area contributed by atoms with Crippen molar-refractivity contribution in [3.63, 3.8) is 0 Å². The molecule has 1 aliphatic heterocycles. The van der Waals surface area contributed by atoms with Crippen LogP contribution < -0.4 is 0 Å². The second-order valence-electron chi connectivity index (χ2n) is 6.99. The first-order valence-electron chi connectivity index (χ1n) is 9.13. The molecular formula is C21H24FNO2S. The Bertz CT molecular complexity index is 778. The Morgan fingerprint density at radius 1 is 1.15 bits per heavy atom. The molecule has 0 aliphatic carbocycles. The maximum atomic E-state index is 13.3. The summed E-state index contributed by atoms with van der Waals surface area (Å²) >= 11 is 1.48. The van der Waals surface area contributed by atoms with E-state index in [0.29, 0.717) is 5.92 Å². The SMILES string of the molecule is Cc1ccc(C(=O)CCC(=O)N2CCC(Cc3cccc(F)c3)CC2)s1. The molecule has 0 bridgehead atoms. The molecule has 0 radical (unpaired) electrons. The van der Waals surface area contributed by atoms with Gasteiger partial charge in [0.15, 0.2) is 5.78 Å². The molecule has 3 nitrogen and oxygen atoms in total. The number of Topliss-reactive ketones (excluding diaryl/α,β-unsaturated/α-hetero) is 1. The molecule has 2 heterocycles. The van der Waals surface area contributed by atoms with Crippen LogP contribution in [0, 0.1) is 18.7 Å². The van der Waals surface area contributed by atoms with E-state index in [-0.39, 0.29) is 30.3 Å². The van der Waals surface area contributed by atoms with E-state index < -0.39 is 0 Å². The minimum absolute atomic E-state index is 0.0532. The summed E-state index contributed by atoms with van der Waals surface area (Å²) in [7, 11) is 0. The van der Waals surface area contributed by atoms with Crippen molar-refractivity contribution in [3.05, 3.63) is 57.5 Å². The van der Waals surface area contributed by atoms with Crippen LogP contribution in [0.3, 0.4) is 0 Å². The molecule has 0 saturated carbocycles. The molecule has 1 aromatic heterocycles. The fourth-order valence-corrected chi connectivity index (χ4v) is 4.30. The monoisotopic (exact) mass is 373 g/mol. The summed E-state index contributed by atoms with van der Waals surface area (Å²) in [6.07, 6.45) is 3.28. The van der Waals surface area contributed by atoms with Crippen LogP contribution in [-0.4, -0.2) is 29.7 Å². The van der Waals surface area contributed by atoms with E-state index in [4.69, 9.17) is 0 Å². The molecular weight excluding hydrogens is 349 g/mol. The number of piperidine rings is 1. The second-order valence-corrected chi connectivity index (χ2v) is 8.28. The molecule has 0 spiro atoms.